The summed E-state index contributed by atoms with van der Waals surface area (Å²) in [5.41, 5.74) is 0. The SMILES string of the molecule is Cc1oc(C(=O)O)cc1S(=O)(=O)N1CC(C)OCC1C. The molecule has 2 unspecified atom stereocenters. The Morgan fingerprint density at radius 1 is 1.45 bits per heavy atom. The first-order valence-electron chi connectivity index (χ1n) is 6.20. The number of ether oxygens (including phenoxy) is 1. The van der Waals surface area contributed by atoms with Crippen LogP contribution >= 0.6 is 0 Å². The van der Waals surface area contributed by atoms with E-state index in [1.165, 1.54) is 11.2 Å². The van der Waals surface area contributed by atoms with E-state index >= 15 is 0 Å². The van der Waals surface area contributed by atoms with Crippen LogP contribution in [0.5, 0.6) is 0 Å². The zero-order chi connectivity index (χ0) is 15.1. The molecule has 0 radical (unpaired) electrons. The third-order valence-corrected chi connectivity index (χ3v) is 5.31. The number of morpholine rings is 1. The van der Waals surface area contributed by atoms with Gasteiger partial charge in [0, 0.05) is 18.7 Å². The fourth-order valence-electron chi connectivity index (χ4n) is 2.16. The van der Waals surface area contributed by atoms with Gasteiger partial charge in [-0.25, -0.2) is 13.2 Å². The van der Waals surface area contributed by atoms with Crippen LogP contribution in [0.2, 0.25) is 0 Å². The summed E-state index contributed by atoms with van der Waals surface area (Å²) in [6.45, 7) is 5.52. The predicted octanol–water partition coefficient (Wildman–Crippen LogP) is 1.08. The van der Waals surface area contributed by atoms with Crippen molar-refractivity contribution >= 4 is 16.0 Å². The topological polar surface area (TPSA) is 97.0 Å². The average molecular weight is 303 g/mol. The fraction of sp³-hybridized carbons (Fsp3) is 0.583. The van der Waals surface area contributed by atoms with Gasteiger partial charge in [-0.05, 0) is 20.8 Å². The van der Waals surface area contributed by atoms with Gasteiger partial charge < -0.3 is 14.3 Å². The summed E-state index contributed by atoms with van der Waals surface area (Å²) in [5, 5.41) is 8.87. The largest absolute Gasteiger partial charge is 0.475 e. The maximum atomic E-state index is 12.6. The van der Waals surface area contributed by atoms with E-state index in [9.17, 15) is 13.2 Å². The van der Waals surface area contributed by atoms with E-state index in [4.69, 9.17) is 14.3 Å². The third-order valence-electron chi connectivity index (χ3n) is 3.22. The molecule has 1 saturated heterocycles. The fourth-order valence-corrected chi connectivity index (χ4v) is 4.02. The molecule has 7 nitrogen and oxygen atoms in total. The maximum Gasteiger partial charge on any atom is 0.371 e. The Morgan fingerprint density at radius 3 is 2.65 bits per heavy atom. The van der Waals surface area contributed by atoms with Crippen LogP contribution in [0.15, 0.2) is 15.4 Å². The molecule has 0 bridgehead atoms. The van der Waals surface area contributed by atoms with Crippen molar-refractivity contribution < 1.29 is 27.5 Å². The standard InChI is InChI=1S/C12H17NO6S/c1-7-6-18-8(2)5-13(7)20(16,17)11-4-10(12(14)15)19-9(11)3/h4,7-8H,5-6H2,1-3H3,(H,14,15). The average Bonchev–Trinajstić information content (AvgIpc) is 2.75. The van der Waals surface area contributed by atoms with E-state index in [1.54, 1.807) is 13.8 Å². The minimum atomic E-state index is -3.79. The molecule has 0 aromatic carbocycles. The zero-order valence-electron chi connectivity index (χ0n) is 11.5. The zero-order valence-corrected chi connectivity index (χ0v) is 12.3. The summed E-state index contributed by atoms with van der Waals surface area (Å²) >= 11 is 0. The Kier molecular flexibility index (Phi) is 3.90. The van der Waals surface area contributed by atoms with E-state index in [2.05, 4.69) is 0 Å². The number of sulfonamides is 1. The second kappa shape index (κ2) is 5.19. The lowest BCUT2D eigenvalue weighted by Gasteiger charge is -2.35. The molecule has 1 N–H and O–H groups in total. The molecule has 0 saturated carbocycles. The predicted molar refractivity (Wildman–Crippen MR) is 69.2 cm³/mol. The van der Waals surface area contributed by atoms with Crippen LogP contribution in [0.4, 0.5) is 0 Å². The van der Waals surface area contributed by atoms with Crippen LogP contribution in [-0.2, 0) is 14.8 Å². The second-order valence-corrected chi connectivity index (χ2v) is 6.76. The van der Waals surface area contributed by atoms with Gasteiger partial charge in [0.1, 0.15) is 10.7 Å². The highest BCUT2D eigenvalue weighted by molar-refractivity contribution is 7.89. The van der Waals surface area contributed by atoms with Gasteiger partial charge in [-0.3, -0.25) is 0 Å². The molecule has 2 rings (SSSR count). The first-order valence-corrected chi connectivity index (χ1v) is 7.64. The number of aromatic carboxylic acids is 1. The van der Waals surface area contributed by atoms with Crippen LogP contribution in [-0.4, -0.2) is 49.1 Å². The van der Waals surface area contributed by atoms with E-state index in [0.29, 0.717) is 6.61 Å². The van der Waals surface area contributed by atoms with Gasteiger partial charge in [-0.2, -0.15) is 4.31 Å². The number of nitrogens with zero attached hydrogens (tertiary/aromatic N) is 1. The van der Waals surface area contributed by atoms with Crippen LogP contribution in [0.1, 0.15) is 30.2 Å². The molecule has 2 heterocycles. The van der Waals surface area contributed by atoms with E-state index in [-0.39, 0.29) is 35.1 Å². The number of rotatable bonds is 3. The van der Waals surface area contributed by atoms with Gasteiger partial charge in [-0.15, -0.1) is 0 Å². The summed E-state index contributed by atoms with van der Waals surface area (Å²) in [5.74, 6) is -1.60. The summed E-state index contributed by atoms with van der Waals surface area (Å²) < 4.78 is 36.9. The number of carboxylic acids is 1. The Morgan fingerprint density at radius 2 is 2.10 bits per heavy atom. The van der Waals surface area contributed by atoms with Gasteiger partial charge in [-0.1, -0.05) is 0 Å². The first-order chi connectivity index (χ1) is 9.23. The molecule has 8 heteroatoms. The lowest BCUT2D eigenvalue weighted by Crippen LogP contribution is -2.50. The van der Waals surface area contributed by atoms with Crippen LogP contribution in [0.3, 0.4) is 0 Å². The van der Waals surface area contributed by atoms with Crippen molar-refractivity contribution in [1.29, 1.82) is 0 Å². The number of aryl methyl sites for hydroxylation is 1. The van der Waals surface area contributed by atoms with Crippen molar-refractivity contribution in [2.45, 2.75) is 37.8 Å². The van der Waals surface area contributed by atoms with Gasteiger partial charge in [0.15, 0.2) is 0 Å². The minimum absolute atomic E-state index is 0.0775. The summed E-state index contributed by atoms with van der Waals surface area (Å²) in [6.07, 6.45) is -0.202. The monoisotopic (exact) mass is 303 g/mol. The lowest BCUT2D eigenvalue weighted by molar-refractivity contribution is -0.0170. The Balaban J connectivity index is 2.41. The molecular formula is C12H17NO6S. The molecule has 20 heavy (non-hydrogen) atoms. The van der Waals surface area contributed by atoms with Crippen LogP contribution in [0.25, 0.3) is 0 Å². The van der Waals surface area contributed by atoms with Gasteiger partial charge in [0.2, 0.25) is 15.8 Å². The number of furan rings is 1. The molecule has 1 aliphatic rings. The smallest absolute Gasteiger partial charge is 0.371 e. The molecule has 1 aliphatic heterocycles. The van der Waals surface area contributed by atoms with Crippen molar-refractivity contribution in [1.82, 2.24) is 4.31 Å². The van der Waals surface area contributed by atoms with Crippen molar-refractivity contribution in [2.75, 3.05) is 13.2 Å². The van der Waals surface area contributed by atoms with Crippen LogP contribution in [0, 0.1) is 6.92 Å². The third kappa shape index (κ3) is 2.58. The molecule has 2 atom stereocenters. The Bertz CT molecular complexity index is 620. The number of carbonyl (C=O) groups is 1. The highest BCUT2D eigenvalue weighted by atomic mass is 32.2. The normalized spacial score (nSPS) is 24.8. The summed E-state index contributed by atoms with van der Waals surface area (Å²) in [7, 11) is -3.79. The maximum absolute atomic E-state index is 12.6. The first kappa shape index (κ1) is 15.0. The van der Waals surface area contributed by atoms with Gasteiger partial charge >= 0.3 is 5.97 Å². The molecule has 0 aliphatic carbocycles. The molecular weight excluding hydrogens is 286 g/mol. The quantitative estimate of drug-likeness (QED) is 0.897. The number of carboxylic acid groups (broad SMARTS) is 1. The van der Waals surface area contributed by atoms with Crippen LogP contribution < -0.4 is 0 Å². The molecule has 0 spiro atoms. The minimum Gasteiger partial charge on any atom is -0.475 e. The van der Waals surface area contributed by atoms with Crippen molar-refractivity contribution in [3.63, 3.8) is 0 Å². The second-order valence-electron chi connectivity index (χ2n) is 4.90. The summed E-state index contributed by atoms with van der Waals surface area (Å²) in [4.78, 5) is 10.8. The molecule has 1 aromatic heterocycles. The van der Waals surface area contributed by atoms with Crippen molar-refractivity contribution in [3.05, 3.63) is 17.6 Å². The van der Waals surface area contributed by atoms with E-state index in [0.717, 1.165) is 6.07 Å². The Labute approximate surface area is 117 Å². The highest BCUT2D eigenvalue weighted by Crippen LogP contribution is 2.27. The highest BCUT2D eigenvalue weighted by Gasteiger charge is 2.36. The van der Waals surface area contributed by atoms with E-state index in [1.807, 2.05) is 0 Å². The molecule has 1 fully saturated rings. The number of hydrogen-bond donors (Lipinski definition) is 1. The van der Waals surface area contributed by atoms with Gasteiger partial charge in [0.05, 0.1) is 12.7 Å². The van der Waals surface area contributed by atoms with Crippen molar-refractivity contribution in [2.24, 2.45) is 0 Å². The molecule has 0 amide bonds. The lowest BCUT2D eigenvalue weighted by atomic mass is 10.2. The molecule has 112 valence electrons. The Hall–Kier alpha value is -1.38. The van der Waals surface area contributed by atoms with Crippen molar-refractivity contribution in [3.8, 4) is 0 Å². The molecule has 1 aromatic rings. The van der Waals surface area contributed by atoms with E-state index < -0.39 is 16.0 Å². The number of hydrogen-bond acceptors (Lipinski definition) is 5. The van der Waals surface area contributed by atoms with Gasteiger partial charge in [0.25, 0.3) is 0 Å². The summed E-state index contributed by atoms with van der Waals surface area (Å²) in [6, 6.07) is 0.749.